The topological polar surface area (TPSA) is 65.3 Å². The number of hydrogen-bond acceptors (Lipinski definition) is 7. The van der Waals surface area contributed by atoms with Crippen LogP contribution in [0.2, 0.25) is 0 Å². The maximum Gasteiger partial charge on any atom is 0.205 e. The summed E-state index contributed by atoms with van der Waals surface area (Å²) in [5, 5.41) is 9.63. The molecule has 1 saturated heterocycles. The van der Waals surface area contributed by atoms with Crippen LogP contribution in [-0.4, -0.2) is 60.7 Å². The maximum absolute atomic E-state index is 8.65. The average molecular weight is 267 g/mol. The van der Waals surface area contributed by atoms with Crippen molar-refractivity contribution in [2.24, 2.45) is 0 Å². The van der Waals surface area contributed by atoms with E-state index >= 15 is 0 Å². The van der Waals surface area contributed by atoms with Gasteiger partial charge in [0.15, 0.2) is 0 Å². The van der Waals surface area contributed by atoms with E-state index in [9.17, 15) is 0 Å². The van der Waals surface area contributed by atoms with Crippen molar-refractivity contribution in [1.29, 1.82) is 5.26 Å². The highest BCUT2D eigenvalue weighted by Gasteiger charge is 2.19. The summed E-state index contributed by atoms with van der Waals surface area (Å²) in [6.45, 7) is 4.84. The molecule has 0 aliphatic carbocycles. The van der Waals surface area contributed by atoms with Gasteiger partial charge in [-0.2, -0.15) is 9.64 Å². The summed E-state index contributed by atoms with van der Waals surface area (Å²) in [7, 11) is 1.68. The lowest BCUT2D eigenvalue weighted by molar-refractivity contribution is 0.201. The Labute approximate surface area is 111 Å². The molecule has 6 nitrogen and oxygen atoms in total. The summed E-state index contributed by atoms with van der Waals surface area (Å²) >= 11 is 1.45. The fraction of sp³-hybridized carbons (Fsp3) is 0.727. The molecule has 1 aromatic rings. The first kappa shape index (κ1) is 13.2. The van der Waals surface area contributed by atoms with Crippen molar-refractivity contribution in [2.75, 3.05) is 51.3 Å². The Hall–Kier alpha value is -1.23. The Morgan fingerprint density at radius 1 is 1.39 bits per heavy atom. The highest BCUT2D eigenvalue weighted by Crippen LogP contribution is 2.19. The highest BCUT2D eigenvalue weighted by atomic mass is 32.1. The predicted molar refractivity (Wildman–Crippen MR) is 69.8 cm³/mol. The quantitative estimate of drug-likeness (QED) is 0.718. The van der Waals surface area contributed by atoms with E-state index in [-0.39, 0.29) is 0 Å². The maximum atomic E-state index is 8.65. The van der Waals surface area contributed by atoms with E-state index in [0.717, 1.165) is 43.6 Å². The standard InChI is InChI=1S/C11H17N5OS/c1-17-9-2-10-13-11(18-14-10)16-7-5-15(4-3-12)6-8-16/h2,4-9H2,1H3. The first-order valence-corrected chi connectivity index (χ1v) is 6.76. The van der Waals surface area contributed by atoms with Gasteiger partial charge in [-0.25, -0.2) is 4.98 Å². The fourth-order valence-corrected chi connectivity index (χ4v) is 2.63. The van der Waals surface area contributed by atoms with E-state index in [0.29, 0.717) is 13.2 Å². The number of ether oxygens (including phenoxy) is 1. The van der Waals surface area contributed by atoms with Crippen LogP contribution in [0.4, 0.5) is 5.13 Å². The molecule has 1 aromatic heterocycles. The van der Waals surface area contributed by atoms with Gasteiger partial charge in [-0.1, -0.05) is 0 Å². The zero-order valence-corrected chi connectivity index (χ0v) is 11.3. The van der Waals surface area contributed by atoms with Crippen LogP contribution in [0.3, 0.4) is 0 Å². The van der Waals surface area contributed by atoms with Crippen molar-refractivity contribution < 1.29 is 4.74 Å². The molecule has 1 fully saturated rings. The fourth-order valence-electron chi connectivity index (χ4n) is 1.87. The van der Waals surface area contributed by atoms with E-state index in [1.165, 1.54) is 11.5 Å². The molecule has 2 rings (SSSR count). The molecule has 0 amide bonds. The van der Waals surface area contributed by atoms with Gasteiger partial charge in [-0.3, -0.25) is 4.90 Å². The third kappa shape index (κ3) is 3.38. The van der Waals surface area contributed by atoms with Gasteiger partial charge in [0.25, 0.3) is 0 Å². The Bertz CT molecular complexity index is 408. The van der Waals surface area contributed by atoms with Crippen LogP contribution in [0, 0.1) is 11.3 Å². The third-order valence-electron chi connectivity index (χ3n) is 2.92. The first-order valence-electron chi connectivity index (χ1n) is 5.99. The zero-order valence-electron chi connectivity index (χ0n) is 10.5. The normalized spacial score (nSPS) is 16.8. The molecule has 7 heteroatoms. The summed E-state index contributed by atoms with van der Waals surface area (Å²) in [5.41, 5.74) is 0. The lowest BCUT2D eigenvalue weighted by Crippen LogP contribution is -2.46. The van der Waals surface area contributed by atoms with Crippen LogP contribution in [0.5, 0.6) is 0 Å². The Morgan fingerprint density at radius 3 is 2.83 bits per heavy atom. The molecule has 0 unspecified atom stereocenters. The second kappa shape index (κ2) is 6.64. The van der Waals surface area contributed by atoms with Crippen LogP contribution in [0.25, 0.3) is 0 Å². The van der Waals surface area contributed by atoms with Crippen molar-refractivity contribution in [3.8, 4) is 6.07 Å². The zero-order chi connectivity index (χ0) is 12.8. The molecular weight excluding hydrogens is 250 g/mol. The van der Waals surface area contributed by atoms with Gasteiger partial charge in [0, 0.05) is 51.2 Å². The van der Waals surface area contributed by atoms with Crippen molar-refractivity contribution in [2.45, 2.75) is 6.42 Å². The van der Waals surface area contributed by atoms with Gasteiger partial charge < -0.3 is 9.64 Å². The Morgan fingerprint density at radius 2 is 2.17 bits per heavy atom. The second-order valence-corrected chi connectivity index (χ2v) is 4.89. The van der Waals surface area contributed by atoms with Crippen LogP contribution in [-0.2, 0) is 11.2 Å². The molecule has 0 bridgehead atoms. The Balaban J connectivity index is 1.85. The number of nitrogens with zero attached hydrogens (tertiary/aromatic N) is 5. The molecule has 0 saturated carbocycles. The second-order valence-electron chi connectivity index (χ2n) is 4.16. The van der Waals surface area contributed by atoms with Gasteiger partial charge in [-0.15, -0.1) is 0 Å². The first-order chi connectivity index (χ1) is 8.83. The SMILES string of the molecule is COCCc1nsc(N2CCN(CC#N)CC2)n1. The van der Waals surface area contributed by atoms with Gasteiger partial charge in [0.05, 0.1) is 19.2 Å². The van der Waals surface area contributed by atoms with Crippen LogP contribution in [0.1, 0.15) is 5.82 Å². The molecular formula is C11H17N5OS. The number of nitriles is 1. The minimum Gasteiger partial charge on any atom is -0.384 e. The number of hydrogen-bond donors (Lipinski definition) is 0. The van der Waals surface area contributed by atoms with Crippen LogP contribution in [0.15, 0.2) is 0 Å². The van der Waals surface area contributed by atoms with Gasteiger partial charge >= 0.3 is 0 Å². The molecule has 1 aliphatic rings. The highest BCUT2D eigenvalue weighted by molar-refractivity contribution is 7.09. The van der Waals surface area contributed by atoms with Gasteiger partial charge in [-0.05, 0) is 0 Å². The van der Waals surface area contributed by atoms with Crippen molar-refractivity contribution in [3.05, 3.63) is 5.82 Å². The third-order valence-corrected chi connectivity index (χ3v) is 3.74. The van der Waals surface area contributed by atoms with Crippen molar-refractivity contribution in [3.63, 3.8) is 0 Å². The summed E-state index contributed by atoms with van der Waals surface area (Å²) < 4.78 is 9.34. The lowest BCUT2D eigenvalue weighted by Gasteiger charge is -2.32. The van der Waals surface area contributed by atoms with Crippen molar-refractivity contribution >= 4 is 16.7 Å². The van der Waals surface area contributed by atoms with Crippen LogP contribution >= 0.6 is 11.5 Å². The molecule has 2 heterocycles. The van der Waals surface area contributed by atoms with Gasteiger partial charge in [0.2, 0.25) is 5.13 Å². The van der Waals surface area contributed by atoms with Crippen LogP contribution < -0.4 is 4.90 Å². The number of piperazine rings is 1. The van der Waals surface area contributed by atoms with E-state index < -0.39 is 0 Å². The number of methoxy groups -OCH3 is 1. The molecule has 0 spiro atoms. The smallest absolute Gasteiger partial charge is 0.205 e. The molecule has 0 atom stereocenters. The number of aromatic nitrogens is 2. The summed E-state index contributed by atoms with van der Waals surface area (Å²) in [4.78, 5) is 8.91. The molecule has 98 valence electrons. The Kier molecular flexibility index (Phi) is 4.87. The average Bonchev–Trinajstić information content (AvgIpc) is 2.86. The minimum atomic E-state index is 0.517. The van der Waals surface area contributed by atoms with E-state index in [1.807, 2.05) is 0 Å². The summed E-state index contributed by atoms with van der Waals surface area (Å²) in [5.74, 6) is 0.858. The van der Waals surface area contributed by atoms with Crippen molar-refractivity contribution in [1.82, 2.24) is 14.3 Å². The largest absolute Gasteiger partial charge is 0.384 e. The molecule has 0 N–H and O–H groups in total. The molecule has 0 aromatic carbocycles. The number of rotatable bonds is 5. The van der Waals surface area contributed by atoms with E-state index in [4.69, 9.17) is 10.00 Å². The van der Waals surface area contributed by atoms with Gasteiger partial charge in [0.1, 0.15) is 5.82 Å². The summed E-state index contributed by atoms with van der Waals surface area (Å²) in [6.07, 6.45) is 0.765. The molecule has 1 aliphatic heterocycles. The van der Waals surface area contributed by atoms with E-state index in [2.05, 4.69) is 25.2 Å². The number of anilines is 1. The predicted octanol–water partition coefficient (Wildman–Crippen LogP) is 0.373. The minimum absolute atomic E-state index is 0.517. The molecule has 18 heavy (non-hydrogen) atoms. The monoisotopic (exact) mass is 267 g/mol. The molecule has 0 radical (unpaired) electrons. The summed E-state index contributed by atoms with van der Waals surface area (Å²) in [6, 6.07) is 2.19. The lowest BCUT2D eigenvalue weighted by atomic mass is 10.3. The van der Waals surface area contributed by atoms with E-state index in [1.54, 1.807) is 7.11 Å².